The van der Waals surface area contributed by atoms with Crippen molar-refractivity contribution in [3.63, 3.8) is 0 Å². The van der Waals surface area contributed by atoms with Crippen molar-refractivity contribution >= 4 is 17.9 Å². The summed E-state index contributed by atoms with van der Waals surface area (Å²) in [5.74, 6) is 0.457. The Balaban J connectivity index is 1.54. The van der Waals surface area contributed by atoms with Gasteiger partial charge in [0.25, 0.3) is 0 Å². The van der Waals surface area contributed by atoms with Crippen LogP contribution in [0.2, 0.25) is 0 Å². The van der Waals surface area contributed by atoms with Crippen molar-refractivity contribution in [2.75, 3.05) is 44.3 Å². The molecule has 0 aromatic heterocycles. The van der Waals surface area contributed by atoms with Gasteiger partial charge >= 0.3 is 6.09 Å². The number of allylic oxidation sites excluding steroid dienone is 1. The first kappa shape index (κ1) is 25.3. The summed E-state index contributed by atoms with van der Waals surface area (Å²) in [6.45, 7) is 15.0. The van der Waals surface area contributed by atoms with Crippen molar-refractivity contribution in [3.8, 4) is 11.1 Å². The first-order chi connectivity index (χ1) is 16.7. The Labute approximate surface area is 210 Å². The molecule has 0 spiro atoms. The molecule has 0 saturated carbocycles. The minimum absolute atomic E-state index is 0.198. The molecular formula is C30H40N2O3. The van der Waals surface area contributed by atoms with E-state index in [1.165, 1.54) is 33.5 Å². The fourth-order valence-corrected chi connectivity index (χ4v) is 5.00. The highest BCUT2D eigenvalue weighted by Gasteiger charge is 2.26. The van der Waals surface area contributed by atoms with Gasteiger partial charge in [-0.3, -0.25) is 0 Å². The first-order valence-electron chi connectivity index (χ1n) is 12.9. The quantitative estimate of drug-likeness (QED) is 0.507. The van der Waals surface area contributed by atoms with E-state index in [0.717, 1.165) is 52.2 Å². The normalized spacial score (nSPS) is 17.7. The Hall–Kier alpha value is -2.79. The number of benzene rings is 2. The Morgan fingerprint density at radius 1 is 1.00 bits per heavy atom. The van der Waals surface area contributed by atoms with E-state index in [1.807, 2.05) is 25.7 Å². The molecule has 5 heteroatoms. The van der Waals surface area contributed by atoms with Gasteiger partial charge in [0.2, 0.25) is 0 Å². The number of aryl methyl sites for hydroxylation is 2. The maximum Gasteiger partial charge on any atom is 0.410 e. The predicted molar refractivity (Wildman–Crippen MR) is 144 cm³/mol. The highest BCUT2D eigenvalue weighted by Crippen LogP contribution is 2.35. The molecule has 2 fully saturated rings. The van der Waals surface area contributed by atoms with Crippen molar-refractivity contribution in [3.05, 3.63) is 59.2 Å². The standard InChI is InChI=1S/C30H40N2O3/c1-22-7-6-8-23(2)28(22)27-21-26(31-17-19-34-20-18-31)12-11-25(27)10-9-24-13-15-32(16-14-24)29(33)35-30(3,4)5/h6-12,21,24H,13-20H2,1-5H3. The second kappa shape index (κ2) is 10.9. The highest BCUT2D eigenvalue weighted by molar-refractivity contribution is 5.82. The molecule has 2 aliphatic heterocycles. The van der Waals surface area contributed by atoms with E-state index in [4.69, 9.17) is 9.47 Å². The highest BCUT2D eigenvalue weighted by atomic mass is 16.6. The van der Waals surface area contributed by atoms with Gasteiger partial charge in [-0.05, 0) is 93.3 Å². The molecule has 2 aromatic rings. The average molecular weight is 477 g/mol. The third kappa shape index (κ3) is 6.46. The average Bonchev–Trinajstić information content (AvgIpc) is 2.83. The molecule has 0 atom stereocenters. The molecule has 2 saturated heterocycles. The minimum Gasteiger partial charge on any atom is -0.444 e. The summed E-state index contributed by atoms with van der Waals surface area (Å²) in [7, 11) is 0. The lowest BCUT2D eigenvalue weighted by atomic mass is 9.90. The zero-order chi connectivity index (χ0) is 25.0. The number of carbonyl (C=O) groups is 1. The predicted octanol–water partition coefficient (Wildman–Crippen LogP) is 6.47. The van der Waals surface area contributed by atoms with Crippen LogP contribution in [0.4, 0.5) is 10.5 Å². The van der Waals surface area contributed by atoms with Crippen molar-refractivity contribution in [2.45, 2.75) is 53.1 Å². The zero-order valence-corrected chi connectivity index (χ0v) is 22.0. The van der Waals surface area contributed by atoms with Crippen molar-refractivity contribution in [1.29, 1.82) is 0 Å². The number of nitrogens with zero attached hydrogens (tertiary/aromatic N) is 2. The molecule has 35 heavy (non-hydrogen) atoms. The number of likely N-dealkylation sites (tertiary alicyclic amines) is 1. The van der Waals surface area contributed by atoms with Crippen LogP contribution in [0.3, 0.4) is 0 Å². The van der Waals surface area contributed by atoms with Crippen LogP contribution >= 0.6 is 0 Å². The maximum atomic E-state index is 12.4. The molecule has 0 radical (unpaired) electrons. The fraction of sp³-hybridized carbons (Fsp3) is 0.500. The van der Waals surface area contributed by atoms with E-state index in [1.54, 1.807) is 0 Å². The lowest BCUT2D eigenvalue weighted by Crippen LogP contribution is -2.41. The Bertz CT molecular complexity index is 1040. The summed E-state index contributed by atoms with van der Waals surface area (Å²) in [5, 5.41) is 0. The second-order valence-corrected chi connectivity index (χ2v) is 10.8. The maximum absolute atomic E-state index is 12.4. The molecule has 0 aliphatic carbocycles. The molecular weight excluding hydrogens is 436 g/mol. The van der Waals surface area contributed by atoms with E-state index in [9.17, 15) is 4.79 Å². The van der Waals surface area contributed by atoms with Crippen LogP contribution in [0.15, 0.2) is 42.5 Å². The molecule has 2 aliphatic rings. The zero-order valence-electron chi connectivity index (χ0n) is 22.0. The SMILES string of the molecule is Cc1cccc(C)c1-c1cc(N2CCOCC2)ccc1C=CC1CCN(C(=O)OC(C)(C)C)CC1. The van der Waals surface area contributed by atoms with Crippen LogP contribution in [0.5, 0.6) is 0 Å². The Morgan fingerprint density at radius 3 is 2.29 bits per heavy atom. The molecule has 0 bridgehead atoms. The summed E-state index contributed by atoms with van der Waals surface area (Å²) in [6, 6.07) is 13.4. The number of hydrogen-bond acceptors (Lipinski definition) is 4. The Kier molecular flexibility index (Phi) is 7.85. The molecule has 2 heterocycles. The van der Waals surface area contributed by atoms with Crippen LogP contribution < -0.4 is 4.90 Å². The van der Waals surface area contributed by atoms with Crippen LogP contribution in [-0.2, 0) is 9.47 Å². The molecule has 1 amide bonds. The molecule has 0 unspecified atom stereocenters. The first-order valence-corrected chi connectivity index (χ1v) is 12.9. The smallest absolute Gasteiger partial charge is 0.410 e. The molecule has 2 aromatic carbocycles. The summed E-state index contributed by atoms with van der Waals surface area (Å²) < 4.78 is 11.1. The minimum atomic E-state index is -0.453. The number of amides is 1. The van der Waals surface area contributed by atoms with Crippen molar-refractivity contribution in [2.24, 2.45) is 5.92 Å². The van der Waals surface area contributed by atoms with Gasteiger partial charge in [-0.1, -0.05) is 36.4 Å². The second-order valence-electron chi connectivity index (χ2n) is 10.8. The monoisotopic (exact) mass is 476 g/mol. The summed E-state index contributed by atoms with van der Waals surface area (Å²) >= 11 is 0. The number of piperidine rings is 1. The van der Waals surface area contributed by atoms with Gasteiger partial charge in [-0.25, -0.2) is 4.79 Å². The van der Waals surface area contributed by atoms with Crippen LogP contribution in [0, 0.1) is 19.8 Å². The van der Waals surface area contributed by atoms with Gasteiger partial charge in [0.05, 0.1) is 13.2 Å². The Morgan fingerprint density at radius 2 is 1.66 bits per heavy atom. The van der Waals surface area contributed by atoms with Crippen LogP contribution in [0.1, 0.15) is 50.3 Å². The van der Waals surface area contributed by atoms with Crippen LogP contribution in [0.25, 0.3) is 17.2 Å². The van der Waals surface area contributed by atoms with Gasteiger partial charge < -0.3 is 19.3 Å². The van der Waals surface area contributed by atoms with E-state index in [-0.39, 0.29) is 6.09 Å². The number of anilines is 1. The van der Waals surface area contributed by atoms with E-state index in [0.29, 0.717) is 5.92 Å². The topological polar surface area (TPSA) is 42.0 Å². The van der Waals surface area contributed by atoms with Gasteiger partial charge in [-0.2, -0.15) is 0 Å². The number of morpholine rings is 1. The summed E-state index contributed by atoms with van der Waals surface area (Å²) in [5.41, 5.74) is 7.25. The summed E-state index contributed by atoms with van der Waals surface area (Å²) in [4.78, 5) is 16.7. The summed E-state index contributed by atoms with van der Waals surface area (Å²) in [6.07, 6.45) is 6.35. The number of ether oxygens (including phenoxy) is 2. The van der Waals surface area contributed by atoms with E-state index in [2.05, 4.69) is 67.3 Å². The van der Waals surface area contributed by atoms with Gasteiger partial charge in [0.15, 0.2) is 0 Å². The fourth-order valence-electron chi connectivity index (χ4n) is 5.00. The van der Waals surface area contributed by atoms with Gasteiger partial charge in [0, 0.05) is 31.9 Å². The molecule has 4 rings (SSSR count). The molecule has 0 N–H and O–H groups in total. The number of carbonyl (C=O) groups excluding carboxylic acids is 1. The molecule has 5 nitrogen and oxygen atoms in total. The van der Waals surface area contributed by atoms with Gasteiger partial charge in [-0.15, -0.1) is 0 Å². The third-order valence-electron chi connectivity index (χ3n) is 6.90. The third-order valence-corrected chi connectivity index (χ3v) is 6.90. The van der Waals surface area contributed by atoms with Crippen molar-refractivity contribution in [1.82, 2.24) is 4.90 Å². The number of rotatable bonds is 4. The molecule has 188 valence electrons. The lowest BCUT2D eigenvalue weighted by molar-refractivity contribution is 0.0197. The van der Waals surface area contributed by atoms with E-state index < -0.39 is 5.60 Å². The van der Waals surface area contributed by atoms with Crippen molar-refractivity contribution < 1.29 is 14.3 Å². The largest absolute Gasteiger partial charge is 0.444 e. The van der Waals surface area contributed by atoms with Gasteiger partial charge in [0.1, 0.15) is 5.60 Å². The van der Waals surface area contributed by atoms with E-state index >= 15 is 0 Å². The van der Waals surface area contributed by atoms with Crippen LogP contribution in [-0.4, -0.2) is 56.0 Å². The number of hydrogen-bond donors (Lipinski definition) is 0. The lowest BCUT2D eigenvalue weighted by Gasteiger charge is -2.32.